The summed E-state index contributed by atoms with van der Waals surface area (Å²) in [6.45, 7) is -0.860. The van der Waals surface area contributed by atoms with E-state index < -0.39 is 30.0 Å². The maximum atomic E-state index is 14.0. The van der Waals surface area contributed by atoms with Crippen molar-refractivity contribution in [3.05, 3.63) is 34.2 Å². The van der Waals surface area contributed by atoms with E-state index in [2.05, 4.69) is 5.32 Å². The van der Waals surface area contributed by atoms with Gasteiger partial charge in [-0.05, 0) is 6.07 Å². The molecule has 1 fully saturated rings. The van der Waals surface area contributed by atoms with E-state index in [0.29, 0.717) is 9.90 Å². The molecule has 1 aliphatic heterocycles. The molecule has 1 saturated heterocycles. The predicted octanol–water partition coefficient (Wildman–Crippen LogP) is 2.31. The van der Waals surface area contributed by atoms with E-state index in [4.69, 9.17) is 16.7 Å². The highest BCUT2D eigenvalue weighted by Crippen LogP contribution is 2.35. The first-order chi connectivity index (χ1) is 11.8. The van der Waals surface area contributed by atoms with Crippen LogP contribution in [-0.2, 0) is 9.59 Å². The Morgan fingerprint density at radius 3 is 2.72 bits per heavy atom. The van der Waals surface area contributed by atoms with E-state index in [1.54, 1.807) is 6.07 Å². The standard InChI is InChI=1S/C16H14ClFN2O4S/c17-12-9-3-1-2-4-10(9)25-13(12)14(22)19-7-11(21)20-6-5-16(18,8-20)15(23)24/h1-4H,5-8H2,(H,19,22)(H,23,24). The Bertz CT molecular complexity index is 871. The Morgan fingerprint density at radius 2 is 2.08 bits per heavy atom. The van der Waals surface area contributed by atoms with Gasteiger partial charge in [0, 0.05) is 23.1 Å². The topological polar surface area (TPSA) is 86.7 Å². The fraction of sp³-hybridized carbons (Fsp3) is 0.312. The van der Waals surface area contributed by atoms with Crippen molar-refractivity contribution >= 4 is 50.8 Å². The summed E-state index contributed by atoms with van der Waals surface area (Å²) in [5.41, 5.74) is -2.42. The van der Waals surface area contributed by atoms with Crippen LogP contribution in [0.3, 0.4) is 0 Å². The summed E-state index contributed by atoms with van der Waals surface area (Å²) in [7, 11) is 0. The lowest BCUT2D eigenvalue weighted by atomic mass is 10.1. The van der Waals surface area contributed by atoms with E-state index in [1.165, 1.54) is 11.3 Å². The third-order valence-corrected chi connectivity index (χ3v) is 5.77. The number of fused-ring (bicyclic) bond motifs is 1. The van der Waals surface area contributed by atoms with Gasteiger partial charge in [0.1, 0.15) is 4.88 Å². The zero-order chi connectivity index (χ0) is 18.2. The third kappa shape index (κ3) is 3.32. The van der Waals surface area contributed by atoms with Crippen molar-refractivity contribution in [2.24, 2.45) is 0 Å². The first-order valence-electron chi connectivity index (χ1n) is 7.47. The highest BCUT2D eigenvalue weighted by atomic mass is 35.5. The van der Waals surface area contributed by atoms with Crippen LogP contribution < -0.4 is 5.32 Å². The third-order valence-electron chi connectivity index (χ3n) is 4.10. The zero-order valence-electron chi connectivity index (χ0n) is 12.9. The Kier molecular flexibility index (Phi) is 4.66. The molecule has 0 spiro atoms. The second kappa shape index (κ2) is 6.61. The molecule has 1 atom stereocenters. The van der Waals surface area contributed by atoms with Gasteiger partial charge in [-0.2, -0.15) is 0 Å². The maximum absolute atomic E-state index is 14.0. The van der Waals surface area contributed by atoms with Gasteiger partial charge >= 0.3 is 5.97 Å². The summed E-state index contributed by atoms with van der Waals surface area (Å²) in [5.74, 6) is -2.61. The van der Waals surface area contributed by atoms with Crippen molar-refractivity contribution < 1.29 is 23.9 Å². The first-order valence-corrected chi connectivity index (χ1v) is 8.66. The molecule has 3 rings (SSSR count). The largest absolute Gasteiger partial charge is 0.479 e. The van der Waals surface area contributed by atoms with Gasteiger partial charge in [-0.1, -0.05) is 29.8 Å². The number of rotatable bonds is 4. The summed E-state index contributed by atoms with van der Waals surface area (Å²) in [6.07, 6.45) is -0.260. The zero-order valence-corrected chi connectivity index (χ0v) is 14.5. The Balaban J connectivity index is 1.63. The van der Waals surface area contributed by atoms with Crippen LogP contribution in [0.1, 0.15) is 16.1 Å². The van der Waals surface area contributed by atoms with Crippen LogP contribution >= 0.6 is 22.9 Å². The van der Waals surface area contributed by atoms with Crippen molar-refractivity contribution in [1.82, 2.24) is 10.2 Å². The van der Waals surface area contributed by atoms with E-state index in [0.717, 1.165) is 15.0 Å². The molecule has 25 heavy (non-hydrogen) atoms. The quantitative estimate of drug-likeness (QED) is 0.846. The molecule has 1 aromatic heterocycles. The number of nitrogens with one attached hydrogen (secondary N) is 1. The van der Waals surface area contributed by atoms with Gasteiger partial charge in [-0.25, -0.2) is 9.18 Å². The molecule has 1 aromatic carbocycles. The van der Waals surface area contributed by atoms with Gasteiger partial charge in [-0.3, -0.25) is 9.59 Å². The van der Waals surface area contributed by atoms with Crippen molar-refractivity contribution in [2.75, 3.05) is 19.6 Å². The number of carboxylic acids is 1. The van der Waals surface area contributed by atoms with Crippen LogP contribution in [0.4, 0.5) is 4.39 Å². The molecule has 2 N–H and O–H groups in total. The number of carboxylic acid groups (broad SMARTS) is 1. The van der Waals surface area contributed by atoms with E-state index in [-0.39, 0.29) is 19.5 Å². The van der Waals surface area contributed by atoms with Crippen LogP contribution in [0.15, 0.2) is 24.3 Å². The van der Waals surface area contributed by atoms with Crippen molar-refractivity contribution in [1.29, 1.82) is 0 Å². The fourth-order valence-corrected chi connectivity index (χ4v) is 4.10. The van der Waals surface area contributed by atoms with Crippen LogP contribution in [0.2, 0.25) is 5.02 Å². The summed E-state index contributed by atoms with van der Waals surface area (Å²) in [6, 6.07) is 7.28. The number of likely N-dealkylation sites (tertiary alicyclic amines) is 1. The lowest BCUT2D eigenvalue weighted by Crippen LogP contribution is -2.42. The molecular weight excluding hydrogens is 371 g/mol. The van der Waals surface area contributed by atoms with E-state index >= 15 is 0 Å². The molecule has 0 bridgehead atoms. The molecule has 0 aliphatic carbocycles. The summed E-state index contributed by atoms with van der Waals surface area (Å²) in [4.78, 5) is 36.6. The molecule has 2 aromatic rings. The summed E-state index contributed by atoms with van der Waals surface area (Å²) in [5, 5.41) is 12.4. The Labute approximate surface area is 151 Å². The molecule has 2 amide bonds. The van der Waals surface area contributed by atoms with Gasteiger partial charge < -0.3 is 15.3 Å². The van der Waals surface area contributed by atoms with Crippen LogP contribution in [0.5, 0.6) is 0 Å². The molecule has 0 radical (unpaired) electrons. The average Bonchev–Trinajstić information content (AvgIpc) is 3.15. The highest BCUT2D eigenvalue weighted by molar-refractivity contribution is 7.21. The lowest BCUT2D eigenvalue weighted by molar-refractivity contribution is -0.150. The summed E-state index contributed by atoms with van der Waals surface area (Å²) >= 11 is 7.42. The number of carbonyl (C=O) groups excluding carboxylic acids is 2. The predicted molar refractivity (Wildman–Crippen MR) is 91.8 cm³/mol. The fourth-order valence-electron chi connectivity index (χ4n) is 2.67. The highest BCUT2D eigenvalue weighted by Gasteiger charge is 2.46. The second-order valence-electron chi connectivity index (χ2n) is 5.76. The molecule has 132 valence electrons. The molecule has 0 saturated carbocycles. The Hall–Kier alpha value is -2.19. The average molecular weight is 385 g/mol. The number of hydrogen-bond donors (Lipinski definition) is 2. The number of alkyl halides is 1. The molecule has 1 unspecified atom stereocenters. The minimum atomic E-state index is -2.42. The number of aliphatic carboxylic acids is 1. The molecule has 1 aliphatic rings. The van der Waals surface area contributed by atoms with Crippen LogP contribution in [-0.4, -0.2) is 53.1 Å². The number of nitrogens with zero attached hydrogens (tertiary/aromatic N) is 1. The van der Waals surface area contributed by atoms with E-state index in [9.17, 15) is 18.8 Å². The van der Waals surface area contributed by atoms with Gasteiger partial charge in [0.05, 0.1) is 18.1 Å². The Morgan fingerprint density at radius 1 is 1.36 bits per heavy atom. The summed E-state index contributed by atoms with van der Waals surface area (Å²) < 4.78 is 14.8. The number of thiophene rings is 1. The SMILES string of the molecule is O=C(NCC(=O)N1CCC(F)(C(=O)O)C1)c1sc2ccccc2c1Cl. The molecule has 2 heterocycles. The van der Waals surface area contributed by atoms with Gasteiger partial charge in [0.2, 0.25) is 11.6 Å². The van der Waals surface area contributed by atoms with Crippen molar-refractivity contribution in [2.45, 2.75) is 12.1 Å². The smallest absolute Gasteiger partial charge is 0.343 e. The number of halogens is 2. The van der Waals surface area contributed by atoms with Gasteiger partial charge in [0.25, 0.3) is 5.91 Å². The van der Waals surface area contributed by atoms with Crippen LogP contribution in [0, 0.1) is 0 Å². The number of benzene rings is 1. The number of amides is 2. The van der Waals surface area contributed by atoms with E-state index in [1.807, 2.05) is 18.2 Å². The molecule has 9 heteroatoms. The van der Waals surface area contributed by atoms with Gasteiger partial charge in [-0.15, -0.1) is 11.3 Å². The lowest BCUT2D eigenvalue weighted by Gasteiger charge is -2.17. The minimum Gasteiger partial charge on any atom is -0.479 e. The number of hydrogen-bond acceptors (Lipinski definition) is 4. The second-order valence-corrected chi connectivity index (χ2v) is 7.19. The maximum Gasteiger partial charge on any atom is 0.343 e. The van der Waals surface area contributed by atoms with Crippen molar-refractivity contribution in [3.63, 3.8) is 0 Å². The normalized spacial score (nSPS) is 20.0. The minimum absolute atomic E-state index is 0.00114. The van der Waals surface area contributed by atoms with Crippen molar-refractivity contribution in [3.8, 4) is 0 Å². The van der Waals surface area contributed by atoms with Crippen LogP contribution in [0.25, 0.3) is 10.1 Å². The molecular formula is C16H14ClFN2O4S. The first kappa shape index (κ1) is 17.6. The van der Waals surface area contributed by atoms with Gasteiger partial charge in [0.15, 0.2) is 0 Å². The monoisotopic (exact) mass is 384 g/mol. The molecule has 6 nitrogen and oxygen atoms in total. The number of carbonyl (C=O) groups is 3.